The third-order valence-electron chi connectivity index (χ3n) is 2.82. The first-order valence-electron chi connectivity index (χ1n) is 6.16. The highest BCUT2D eigenvalue weighted by molar-refractivity contribution is 8.68. The summed E-state index contributed by atoms with van der Waals surface area (Å²) in [6.07, 6.45) is 1.91. The van der Waals surface area contributed by atoms with Crippen molar-refractivity contribution in [3.63, 3.8) is 0 Å². The molecule has 0 aromatic heterocycles. The SMILES string of the molecule is C/C=C(\C(C)C)C(OC(=O)c1cc(N)ccc1O)SS. The predicted molar refractivity (Wildman–Crippen MR) is 86.9 cm³/mol. The van der Waals surface area contributed by atoms with Crippen LogP contribution in [0.3, 0.4) is 0 Å². The summed E-state index contributed by atoms with van der Waals surface area (Å²) in [6, 6.07) is 4.28. The number of carbonyl (C=O) groups excluding carboxylic acids is 1. The van der Waals surface area contributed by atoms with Crippen LogP contribution in [0.25, 0.3) is 0 Å². The Kier molecular flexibility index (Phi) is 6.29. The third-order valence-corrected chi connectivity index (χ3v) is 3.96. The Morgan fingerprint density at radius 1 is 1.50 bits per heavy atom. The molecule has 1 rings (SSSR count). The van der Waals surface area contributed by atoms with Crippen LogP contribution in [0.4, 0.5) is 5.69 Å². The lowest BCUT2D eigenvalue weighted by Gasteiger charge is -2.21. The molecular formula is C14H19NO3S2. The summed E-state index contributed by atoms with van der Waals surface area (Å²) >= 11 is 4.15. The number of rotatable bonds is 5. The Hall–Kier alpha value is -1.27. The van der Waals surface area contributed by atoms with Crippen molar-refractivity contribution in [3.05, 3.63) is 35.4 Å². The second kappa shape index (κ2) is 7.50. The largest absolute Gasteiger partial charge is 0.507 e. The number of anilines is 1. The smallest absolute Gasteiger partial charge is 0.343 e. The van der Waals surface area contributed by atoms with Gasteiger partial charge in [-0.05, 0) is 47.4 Å². The van der Waals surface area contributed by atoms with Gasteiger partial charge in [0.05, 0.1) is 0 Å². The van der Waals surface area contributed by atoms with Crippen LogP contribution in [0.2, 0.25) is 0 Å². The monoisotopic (exact) mass is 313 g/mol. The van der Waals surface area contributed by atoms with Gasteiger partial charge in [0.2, 0.25) is 0 Å². The van der Waals surface area contributed by atoms with Gasteiger partial charge in [0.15, 0.2) is 5.44 Å². The van der Waals surface area contributed by atoms with Gasteiger partial charge in [0, 0.05) is 5.69 Å². The number of hydrogen-bond donors (Lipinski definition) is 3. The molecule has 0 radical (unpaired) electrons. The van der Waals surface area contributed by atoms with Crippen molar-refractivity contribution in [2.24, 2.45) is 5.92 Å². The van der Waals surface area contributed by atoms with E-state index in [1.165, 1.54) is 18.2 Å². The number of phenols is 1. The van der Waals surface area contributed by atoms with Crippen LogP contribution >= 0.6 is 22.5 Å². The van der Waals surface area contributed by atoms with Crippen molar-refractivity contribution >= 4 is 34.1 Å². The van der Waals surface area contributed by atoms with Crippen molar-refractivity contribution in [1.29, 1.82) is 0 Å². The number of nitrogen functional groups attached to an aromatic ring is 1. The standard InChI is InChI=1S/C14H19NO3S2/c1-4-10(8(2)3)14(20-19)18-13(17)11-7-9(15)5-6-12(11)16/h4-8,14,16,19H,15H2,1-3H3/b10-4+. The number of ether oxygens (including phenoxy) is 1. The van der Waals surface area contributed by atoms with E-state index in [4.69, 9.17) is 10.5 Å². The molecule has 0 amide bonds. The molecule has 3 N–H and O–H groups in total. The third kappa shape index (κ3) is 4.11. The lowest BCUT2D eigenvalue weighted by molar-refractivity contribution is 0.0490. The number of phenolic OH excluding ortho intramolecular Hbond substituents is 1. The molecule has 0 spiro atoms. The van der Waals surface area contributed by atoms with Crippen molar-refractivity contribution in [2.45, 2.75) is 26.2 Å². The molecule has 4 nitrogen and oxygen atoms in total. The number of aromatic hydroxyl groups is 1. The first-order chi connectivity index (χ1) is 9.40. The highest BCUT2D eigenvalue weighted by Crippen LogP contribution is 2.30. The maximum Gasteiger partial charge on any atom is 0.343 e. The maximum atomic E-state index is 12.1. The fourth-order valence-corrected chi connectivity index (χ4v) is 2.92. The number of allylic oxidation sites excluding steroid dienone is 1. The first-order valence-corrected chi connectivity index (χ1v) is 8.09. The molecule has 110 valence electrons. The highest BCUT2D eigenvalue weighted by Gasteiger charge is 2.23. The van der Waals surface area contributed by atoms with E-state index in [1.807, 2.05) is 26.8 Å². The summed E-state index contributed by atoms with van der Waals surface area (Å²) in [6.45, 7) is 5.91. The molecular weight excluding hydrogens is 294 g/mol. The van der Waals surface area contributed by atoms with Crippen LogP contribution < -0.4 is 5.73 Å². The van der Waals surface area contributed by atoms with Crippen LogP contribution in [0.15, 0.2) is 29.8 Å². The van der Waals surface area contributed by atoms with Gasteiger partial charge >= 0.3 is 5.97 Å². The first kappa shape index (κ1) is 16.8. The fraction of sp³-hybridized carbons (Fsp3) is 0.357. The molecule has 0 aliphatic heterocycles. The van der Waals surface area contributed by atoms with E-state index in [-0.39, 0.29) is 17.2 Å². The summed E-state index contributed by atoms with van der Waals surface area (Å²) in [5, 5.41) is 9.70. The number of hydrogen-bond acceptors (Lipinski definition) is 6. The van der Waals surface area contributed by atoms with Crippen molar-refractivity contribution in [1.82, 2.24) is 0 Å². The Bertz CT molecular complexity index is 515. The van der Waals surface area contributed by atoms with Crippen LogP contribution in [0.5, 0.6) is 5.75 Å². The van der Waals surface area contributed by atoms with E-state index in [0.29, 0.717) is 5.69 Å². The summed E-state index contributed by atoms with van der Waals surface area (Å²) in [7, 11) is 1.13. The molecule has 1 aromatic carbocycles. The lowest BCUT2D eigenvalue weighted by Crippen LogP contribution is -2.19. The molecule has 6 heteroatoms. The zero-order chi connectivity index (χ0) is 15.3. The molecule has 1 atom stereocenters. The topological polar surface area (TPSA) is 72.5 Å². The van der Waals surface area contributed by atoms with Crippen molar-refractivity contribution in [2.75, 3.05) is 5.73 Å². The highest BCUT2D eigenvalue weighted by atomic mass is 33.1. The average Bonchev–Trinajstić information content (AvgIpc) is 2.40. The molecule has 0 fully saturated rings. The molecule has 0 heterocycles. The van der Waals surface area contributed by atoms with Crippen molar-refractivity contribution < 1.29 is 14.6 Å². The molecule has 0 aliphatic rings. The number of carbonyl (C=O) groups is 1. The molecule has 0 bridgehead atoms. The number of thiol groups is 1. The molecule has 1 unspecified atom stereocenters. The number of esters is 1. The minimum Gasteiger partial charge on any atom is -0.507 e. The normalized spacial score (nSPS) is 13.3. The molecule has 0 saturated carbocycles. The predicted octanol–water partition coefficient (Wildman–Crippen LogP) is 3.64. The maximum absolute atomic E-state index is 12.1. The Balaban J connectivity index is 2.95. The van der Waals surface area contributed by atoms with E-state index in [9.17, 15) is 9.90 Å². The van der Waals surface area contributed by atoms with E-state index in [1.54, 1.807) is 0 Å². The van der Waals surface area contributed by atoms with Crippen LogP contribution in [-0.4, -0.2) is 16.5 Å². The fourth-order valence-electron chi connectivity index (χ4n) is 1.77. The Morgan fingerprint density at radius 3 is 2.65 bits per heavy atom. The second-order valence-corrected chi connectivity index (χ2v) is 5.83. The number of nitrogens with two attached hydrogens (primary N) is 1. The lowest BCUT2D eigenvalue weighted by atomic mass is 10.0. The summed E-state index contributed by atoms with van der Waals surface area (Å²) in [4.78, 5) is 12.1. The van der Waals surface area contributed by atoms with Crippen LogP contribution in [0, 0.1) is 5.92 Å². The van der Waals surface area contributed by atoms with Gasteiger partial charge in [-0.3, -0.25) is 0 Å². The van der Waals surface area contributed by atoms with Crippen LogP contribution in [0.1, 0.15) is 31.1 Å². The Morgan fingerprint density at radius 2 is 2.15 bits per heavy atom. The summed E-state index contributed by atoms with van der Waals surface area (Å²) in [5.74, 6) is -0.549. The van der Waals surface area contributed by atoms with Crippen molar-refractivity contribution in [3.8, 4) is 5.75 Å². The molecule has 0 aliphatic carbocycles. The van der Waals surface area contributed by atoms with Gasteiger partial charge in [-0.15, -0.1) is 11.7 Å². The molecule has 1 aromatic rings. The number of benzene rings is 1. The van der Waals surface area contributed by atoms with Gasteiger partial charge in [0.1, 0.15) is 11.3 Å². The van der Waals surface area contributed by atoms with E-state index in [2.05, 4.69) is 11.7 Å². The van der Waals surface area contributed by atoms with Crippen LogP contribution in [-0.2, 0) is 4.74 Å². The van der Waals surface area contributed by atoms with Gasteiger partial charge in [-0.25, -0.2) is 4.79 Å². The van der Waals surface area contributed by atoms with E-state index < -0.39 is 11.4 Å². The minimum absolute atomic E-state index is 0.0524. The quantitative estimate of drug-likeness (QED) is 0.147. The molecule has 20 heavy (non-hydrogen) atoms. The second-order valence-electron chi connectivity index (χ2n) is 4.56. The molecule has 0 saturated heterocycles. The van der Waals surface area contributed by atoms with Gasteiger partial charge in [-0.2, -0.15) is 0 Å². The van der Waals surface area contributed by atoms with E-state index >= 15 is 0 Å². The zero-order valence-electron chi connectivity index (χ0n) is 11.7. The Labute approximate surface area is 128 Å². The average molecular weight is 313 g/mol. The van der Waals surface area contributed by atoms with Gasteiger partial charge in [0.25, 0.3) is 0 Å². The zero-order valence-corrected chi connectivity index (χ0v) is 13.4. The van der Waals surface area contributed by atoms with E-state index in [0.717, 1.165) is 16.4 Å². The van der Waals surface area contributed by atoms with Gasteiger partial charge in [-0.1, -0.05) is 19.9 Å². The summed E-state index contributed by atoms with van der Waals surface area (Å²) < 4.78 is 5.40. The minimum atomic E-state index is -0.624. The van der Waals surface area contributed by atoms with Gasteiger partial charge < -0.3 is 15.6 Å². The summed E-state index contributed by atoms with van der Waals surface area (Å²) in [5.41, 5.74) is 6.51.